The SMILES string of the molecule is CO[C@@]1(c2ccnc(C(N)=O)c2)[C@@H]2CCC[C@H]1CN(Cc1cn(C)cn1)C2.Cl. The summed E-state index contributed by atoms with van der Waals surface area (Å²) < 4.78 is 8.23. The Labute approximate surface area is 171 Å². The highest BCUT2D eigenvalue weighted by Gasteiger charge is 2.53. The molecule has 2 aliphatic rings. The monoisotopic (exact) mass is 405 g/mol. The van der Waals surface area contributed by atoms with Gasteiger partial charge in [-0.2, -0.15) is 0 Å². The number of carbonyl (C=O) groups excluding carboxylic acids is 1. The second kappa shape index (κ2) is 8.19. The van der Waals surface area contributed by atoms with E-state index in [0.717, 1.165) is 43.7 Å². The van der Waals surface area contributed by atoms with Gasteiger partial charge < -0.3 is 15.0 Å². The van der Waals surface area contributed by atoms with Crippen molar-refractivity contribution in [2.24, 2.45) is 24.6 Å². The van der Waals surface area contributed by atoms with Crippen LogP contribution in [0.3, 0.4) is 0 Å². The fourth-order valence-corrected chi connectivity index (χ4v) is 5.16. The third kappa shape index (κ3) is 3.54. The number of imidazole rings is 1. The zero-order valence-corrected chi connectivity index (χ0v) is 17.2. The van der Waals surface area contributed by atoms with Gasteiger partial charge in [0.25, 0.3) is 5.91 Å². The van der Waals surface area contributed by atoms with Crippen LogP contribution in [0.5, 0.6) is 0 Å². The Hall–Kier alpha value is -1.96. The van der Waals surface area contributed by atoms with Crippen molar-refractivity contribution in [1.82, 2.24) is 19.4 Å². The minimum atomic E-state index is -0.499. The molecule has 8 heteroatoms. The maximum Gasteiger partial charge on any atom is 0.267 e. The fourth-order valence-electron chi connectivity index (χ4n) is 5.16. The highest BCUT2D eigenvalue weighted by molar-refractivity contribution is 5.90. The van der Waals surface area contributed by atoms with Crippen LogP contribution in [0.2, 0.25) is 0 Å². The van der Waals surface area contributed by atoms with E-state index in [9.17, 15) is 4.79 Å². The number of likely N-dealkylation sites (tertiary alicyclic amines) is 1. The molecule has 0 unspecified atom stereocenters. The smallest absolute Gasteiger partial charge is 0.267 e. The number of fused-ring (bicyclic) bond motifs is 2. The molecular weight excluding hydrogens is 378 g/mol. The van der Waals surface area contributed by atoms with Crippen molar-refractivity contribution in [1.29, 1.82) is 0 Å². The first-order valence-corrected chi connectivity index (χ1v) is 9.53. The molecule has 0 aromatic carbocycles. The lowest BCUT2D eigenvalue weighted by atomic mass is 9.62. The van der Waals surface area contributed by atoms with E-state index in [2.05, 4.69) is 21.1 Å². The average molecular weight is 406 g/mol. The number of hydrogen-bond acceptors (Lipinski definition) is 5. The van der Waals surface area contributed by atoms with Gasteiger partial charge in [0.2, 0.25) is 0 Å². The number of aryl methyl sites for hydroxylation is 1. The summed E-state index contributed by atoms with van der Waals surface area (Å²) in [5.74, 6) is 0.226. The molecule has 152 valence electrons. The first-order chi connectivity index (χ1) is 13.0. The largest absolute Gasteiger partial charge is 0.373 e. The van der Waals surface area contributed by atoms with Crippen molar-refractivity contribution in [2.75, 3.05) is 20.2 Å². The minimum Gasteiger partial charge on any atom is -0.373 e. The molecule has 2 N–H and O–H groups in total. The summed E-state index contributed by atoms with van der Waals surface area (Å²) in [7, 11) is 3.79. The molecule has 2 bridgehead atoms. The number of aromatic nitrogens is 3. The van der Waals surface area contributed by atoms with Crippen LogP contribution in [0.4, 0.5) is 0 Å². The number of carbonyl (C=O) groups is 1. The molecule has 1 saturated heterocycles. The van der Waals surface area contributed by atoms with E-state index in [0.29, 0.717) is 17.5 Å². The van der Waals surface area contributed by atoms with Crippen LogP contribution < -0.4 is 5.73 Å². The van der Waals surface area contributed by atoms with E-state index >= 15 is 0 Å². The van der Waals surface area contributed by atoms with Gasteiger partial charge in [0.1, 0.15) is 11.3 Å². The van der Waals surface area contributed by atoms with Gasteiger partial charge in [-0.05, 0) is 30.5 Å². The number of ether oxygens (including phenoxy) is 1. The van der Waals surface area contributed by atoms with E-state index in [1.807, 2.05) is 30.1 Å². The van der Waals surface area contributed by atoms with E-state index < -0.39 is 5.91 Å². The van der Waals surface area contributed by atoms with E-state index in [1.165, 1.54) is 6.42 Å². The minimum absolute atomic E-state index is 0. The van der Waals surface area contributed by atoms with Crippen molar-refractivity contribution in [3.8, 4) is 0 Å². The Morgan fingerprint density at radius 3 is 2.61 bits per heavy atom. The Morgan fingerprint density at radius 2 is 2.04 bits per heavy atom. The molecule has 2 fully saturated rings. The van der Waals surface area contributed by atoms with Crippen LogP contribution in [-0.4, -0.2) is 45.5 Å². The lowest BCUT2D eigenvalue weighted by molar-refractivity contribution is -0.170. The van der Waals surface area contributed by atoms with Gasteiger partial charge in [-0.3, -0.25) is 14.7 Å². The first-order valence-electron chi connectivity index (χ1n) is 9.53. The van der Waals surface area contributed by atoms with Gasteiger partial charge in [0.15, 0.2) is 0 Å². The fraction of sp³-hybridized carbons (Fsp3) is 0.550. The Balaban J connectivity index is 0.00000225. The molecule has 3 heterocycles. The van der Waals surface area contributed by atoms with Gasteiger partial charge in [0.05, 0.1) is 12.0 Å². The van der Waals surface area contributed by atoms with Crippen LogP contribution in [0.25, 0.3) is 0 Å². The number of halogens is 1. The Bertz CT molecular complexity index is 826. The summed E-state index contributed by atoms with van der Waals surface area (Å²) in [5.41, 5.74) is 7.51. The molecule has 7 nitrogen and oxygen atoms in total. The summed E-state index contributed by atoms with van der Waals surface area (Å²) in [6.45, 7) is 2.76. The molecular formula is C20H28ClN5O2. The Kier molecular flexibility index (Phi) is 6.07. The molecule has 1 amide bonds. The Morgan fingerprint density at radius 1 is 1.32 bits per heavy atom. The molecule has 1 aliphatic carbocycles. The van der Waals surface area contributed by atoms with E-state index in [1.54, 1.807) is 13.3 Å². The third-order valence-corrected chi connectivity index (χ3v) is 6.22. The predicted octanol–water partition coefficient (Wildman–Crippen LogP) is 2.11. The standard InChI is InChI=1S/C20H27N5O2.ClH/c1-24-11-17(23-13-24)12-25-9-15-4-3-5-16(10-25)20(15,27-2)14-6-7-22-18(8-14)19(21)26;/h6-8,11,13,15-16H,3-5,9-10,12H2,1-2H3,(H2,21,26);1H/t15-,16+,20+;. The zero-order valence-electron chi connectivity index (χ0n) is 16.4. The highest BCUT2D eigenvalue weighted by atomic mass is 35.5. The van der Waals surface area contributed by atoms with Gasteiger partial charge in [-0.25, -0.2) is 4.98 Å². The number of amides is 1. The molecule has 3 atom stereocenters. The maximum absolute atomic E-state index is 11.6. The highest BCUT2D eigenvalue weighted by Crippen LogP contribution is 2.51. The number of piperidine rings is 1. The quantitative estimate of drug-likeness (QED) is 0.823. The number of methoxy groups -OCH3 is 1. The predicted molar refractivity (Wildman–Crippen MR) is 108 cm³/mol. The van der Waals surface area contributed by atoms with Gasteiger partial charge in [0, 0.05) is 58.0 Å². The second-order valence-electron chi connectivity index (χ2n) is 7.84. The summed E-state index contributed by atoms with van der Waals surface area (Å²) in [6.07, 6.45) is 9.03. The summed E-state index contributed by atoms with van der Waals surface area (Å²) in [4.78, 5) is 22.7. The molecule has 28 heavy (non-hydrogen) atoms. The zero-order chi connectivity index (χ0) is 19.0. The summed E-state index contributed by atoms with van der Waals surface area (Å²) >= 11 is 0. The molecule has 4 rings (SSSR count). The van der Waals surface area contributed by atoms with Crippen LogP contribution >= 0.6 is 12.4 Å². The summed E-state index contributed by atoms with van der Waals surface area (Å²) in [5, 5.41) is 0. The van der Waals surface area contributed by atoms with Crippen LogP contribution in [0.1, 0.15) is 41.0 Å². The topological polar surface area (TPSA) is 86.3 Å². The van der Waals surface area contributed by atoms with Crippen molar-refractivity contribution < 1.29 is 9.53 Å². The normalized spacial score (nSPS) is 27.2. The number of rotatable bonds is 5. The van der Waals surface area contributed by atoms with E-state index in [4.69, 9.17) is 10.5 Å². The number of nitrogens with zero attached hydrogens (tertiary/aromatic N) is 4. The maximum atomic E-state index is 11.6. The molecule has 1 saturated carbocycles. The van der Waals surface area contributed by atoms with Crippen molar-refractivity contribution in [3.05, 3.63) is 47.8 Å². The molecule has 2 aromatic rings. The second-order valence-corrected chi connectivity index (χ2v) is 7.84. The molecule has 0 radical (unpaired) electrons. The number of hydrogen-bond donors (Lipinski definition) is 1. The van der Waals surface area contributed by atoms with Crippen molar-refractivity contribution in [3.63, 3.8) is 0 Å². The lowest BCUT2D eigenvalue weighted by Crippen LogP contribution is -2.58. The molecule has 1 aliphatic heterocycles. The van der Waals surface area contributed by atoms with Crippen molar-refractivity contribution in [2.45, 2.75) is 31.4 Å². The lowest BCUT2D eigenvalue weighted by Gasteiger charge is -2.55. The van der Waals surface area contributed by atoms with Crippen LogP contribution in [-0.2, 0) is 23.9 Å². The van der Waals surface area contributed by atoms with Gasteiger partial charge in [-0.1, -0.05) is 6.42 Å². The molecule has 0 spiro atoms. The number of pyridine rings is 1. The van der Waals surface area contributed by atoms with Crippen LogP contribution in [0.15, 0.2) is 30.9 Å². The van der Waals surface area contributed by atoms with Gasteiger partial charge >= 0.3 is 0 Å². The number of primary amides is 1. The van der Waals surface area contributed by atoms with E-state index in [-0.39, 0.29) is 18.0 Å². The number of nitrogens with two attached hydrogens (primary N) is 1. The molecule has 2 aromatic heterocycles. The van der Waals surface area contributed by atoms with Crippen molar-refractivity contribution >= 4 is 18.3 Å². The summed E-state index contributed by atoms with van der Waals surface area (Å²) in [6, 6.07) is 3.81. The van der Waals surface area contributed by atoms with Gasteiger partial charge in [-0.15, -0.1) is 12.4 Å². The van der Waals surface area contributed by atoms with Crippen LogP contribution in [0, 0.1) is 11.8 Å². The average Bonchev–Trinajstić information content (AvgIpc) is 3.06. The third-order valence-electron chi connectivity index (χ3n) is 6.22. The first kappa shape index (κ1) is 20.8.